The van der Waals surface area contributed by atoms with Gasteiger partial charge in [-0.25, -0.2) is 0 Å². The molecule has 7 heteroatoms. The van der Waals surface area contributed by atoms with Crippen molar-refractivity contribution >= 4 is 31.9 Å². The Labute approximate surface area is 139 Å². The Balaban J connectivity index is 1.68. The topological polar surface area (TPSA) is 74.2 Å². The van der Waals surface area contributed by atoms with Gasteiger partial charge in [0.15, 0.2) is 6.61 Å². The van der Waals surface area contributed by atoms with Crippen LogP contribution in [0.2, 0.25) is 0 Å². The van der Waals surface area contributed by atoms with Gasteiger partial charge >= 0.3 is 0 Å². The van der Waals surface area contributed by atoms with E-state index < -0.39 is 0 Å². The predicted octanol–water partition coefficient (Wildman–Crippen LogP) is 3.55. The van der Waals surface area contributed by atoms with Crippen LogP contribution in [0.5, 0.6) is 5.75 Å². The molecule has 0 spiro atoms. The molecule has 3 rings (SSSR count). The minimum absolute atomic E-state index is 0.281. The molecule has 21 heavy (non-hydrogen) atoms. The van der Waals surface area contributed by atoms with E-state index in [4.69, 9.17) is 15.0 Å². The molecule has 2 N–H and O–H groups in total. The number of ether oxygens (including phenoxy) is 1. The summed E-state index contributed by atoms with van der Waals surface area (Å²) in [6, 6.07) is 4.03. The van der Waals surface area contributed by atoms with Crippen LogP contribution in [-0.4, -0.2) is 16.7 Å². The average Bonchev–Trinajstić information content (AvgIpc) is 3.18. The van der Waals surface area contributed by atoms with E-state index >= 15 is 0 Å². The van der Waals surface area contributed by atoms with Crippen LogP contribution in [0.25, 0.3) is 0 Å². The molecule has 112 valence electrons. The molecule has 1 aromatic heterocycles. The highest BCUT2D eigenvalue weighted by molar-refractivity contribution is 9.11. The van der Waals surface area contributed by atoms with Crippen molar-refractivity contribution in [3.8, 4) is 5.75 Å². The standard InChI is InChI=1S/C14H15Br2N3O2/c15-10-5-8(3-4-17)6-11(16)13(10)20-7-12-18-14(21-19-12)9-1-2-9/h5-6,9H,1-4,7,17H2. The summed E-state index contributed by atoms with van der Waals surface area (Å²) in [5.74, 6) is 2.49. The summed E-state index contributed by atoms with van der Waals surface area (Å²) < 4.78 is 12.8. The lowest BCUT2D eigenvalue weighted by molar-refractivity contribution is 0.282. The van der Waals surface area contributed by atoms with E-state index in [1.54, 1.807) is 0 Å². The zero-order valence-electron chi connectivity index (χ0n) is 11.3. The molecule has 0 bridgehead atoms. The Bertz CT molecular complexity index is 618. The minimum Gasteiger partial charge on any atom is -0.483 e. The quantitative estimate of drug-likeness (QED) is 0.779. The molecule has 0 amide bonds. The van der Waals surface area contributed by atoms with Crippen molar-refractivity contribution in [2.75, 3.05) is 6.54 Å². The van der Waals surface area contributed by atoms with Gasteiger partial charge in [-0.3, -0.25) is 0 Å². The fourth-order valence-corrected chi connectivity index (χ4v) is 3.53. The van der Waals surface area contributed by atoms with Gasteiger partial charge < -0.3 is 15.0 Å². The Morgan fingerprint density at radius 3 is 2.62 bits per heavy atom. The van der Waals surface area contributed by atoms with E-state index in [0.29, 0.717) is 18.3 Å². The highest BCUT2D eigenvalue weighted by Gasteiger charge is 2.29. The largest absolute Gasteiger partial charge is 0.483 e. The number of aromatic nitrogens is 2. The van der Waals surface area contributed by atoms with E-state index in [-0.39, 0.29) is 6.61 Å². The zero-order valence-corrected chi connectivity index (χ0v) is 14.5. The van der Waals surface area contributed by atoms with Crippen molar-refractivity contribution in [2.24, 2.45) is 5.73 Å². The van der Waals surface area contributed by atoms with Crippen LogP contribution in [0.3, 0.4) is 0 Å². The zero-order chi connectivity index (χ0) is 14.8. The molecule has 2 aromatic rings. The second kappa shape index (κ2) is 6.46. The van der Waals surface area contributed by atoms with Gasteiger partial charge in [0.2, 0.25) is 11.7 Å². The number of rotatable bonds is 6. The minimum atomic E-state index is 0.281. The summed E-state index contributed by atoms with van der Waals surface area (Å²) in [7, 11) is 0. The van der Waals surface area contributed by atoms with Gasteiger partial charge in [0.05, 0.1) is 8.95 Å². The maximum absolute atomic E-state index is 5.79. The lowest BCUT2D eigenvalue weighted by atomic mass is 10.1. The molecule has 1 saturated carbocycles. The number of benzene rings is 1. The highest BCUT2D eigenvalue weighted by Crippen LogP contribution is 2.39. The van der Waals surface area contributed by atoms with Crippen LogP contribution in [-0.2, 0) is 13.0 Å². The van der Waals surface area contributed by atoms with Gasteiger partial charge in [-0.2, -0.15) is 4.98 Å². The first-order valence-corrected chi connectivity index (χ1v) is 8.39. The van der Waals surface area contributed by atoms with Crippen LogP contribution < -0.4 is 10.5 Å². The summed E-state index contributed by atoms with van der Waals surface area (Å²) in [4.78, 5) is 4.34. The first-order chi connectivity index (χ1) is 10.2. The summed E-state index contributed by atoms with van der Waals surface area (Å²) in [6.07, 6.45) is 3.11. The third-order valence-electron chi connectivity index (χ3n) is 3.25. The molecule has 0 aliphatic heterocycles. The van der Waals surface area contributed by atoms with Gasteiger partial charge in [-0.15, -0.1) is 0 Å². The molecule has 1 fully saturated rings. The lowest BCUT2D eigenvalue weighted by Gasteiger charge is -2.10. The summed E-state index contributed by atoms with van der Waals surface area (Å²) in [5, 5.41) is 3.94. The normalized spacial score (nSPS) is 14.4. The summed E-state index contributed by atoms with van der Waals surface area (Å²) in [5.41, 5.74) is 6.73. The van der Waals surface area contributed by atoms with E-state index in [9.17, 15) is 0 Å². The molecular weight excluding hydrogens is 402 g/mol. The van der Waals surface area contributed by atoms with Crippen molar-refractivity contribution < 1.29 is 9.26 Å². The van der Waals surface area contributed by atoms with Crippen LogP contribution in [0.15, 0.2) is 25.6 Å². The second-order valence-corrected chi connectivity index (χ2v) is 6.75. The maximum Gasteiger partial charge on any atom is 0.229 e. The van der Waals surface area contributed by atoms with Crippen LogP contribution in [0.1, 0.15) is 36.0 Å². The number of nitrogens with two attached hydrogens (primary N) is 1. The lowest BCUT2D eigenvalue weighted by Crippen LogP contribution is -2.04. The van der Waals surface area contributed by atoms with Crippen LogP contribution >= 0.6 is 31.9 Å². The third-order valence-corrected chi connectivity index (χ3v) is 4.43. The molecule has 0 radical (unpaired) electrons. The van der Waals surface area contributed by atoms with Crippen LogP contribution in [0, 0.1) is 0 Å². The smallest absolute Gasteiger partial charge is 0.229 e. The summed E-state index contributed by atoms with van der Waals surface area (Å²) >= 11 is 7.04. The van der Waals surface area contributed by atoms with Crippen LogP contribution in [0.4, 0.5) is 0 Å². The van der Waals surface area contributed by atoms with Crippen molar-refractivity contribution in [3.63, 3.8) is 0 Å². The van der Waals surface area contributed by atoms with Crippen molar-refractivity contribution in [1.82, 2.24) is 10.1 Å². The van der Waals surface area contributed by atoms with Gasteiger partial charge in [-0.05, 0) is 75.4 Å². The molecular formula is C14H15Br2N3O2. The van der Waals surface area contributed by atoms with E-state index in [1.165, 1.54) is 0 Å². The molecule has 1 aliphatic rings. The Morgan fingerprint density at radius 2 is 2.00 bits per heavy atom. The number of halogens is 2. The summed E-state index contributed by atoms with van der Waals surface area (Å²) in [6.45, 7) is 0.898. The van der Waals surface area contributed by atoms with Gasteiger partial charge in [0, 0.05) is 5.92 Å². The second-order valence-electron chi connectivity index (χ2n) is 5.04. The number of hydrogen-bond donors (Lipinski definition) is 1. The Hall–Kier alpha value is -0.920. The Kier molecular flexibility index (Phi) is 4.61. The van der Waals surface area contributed by atoms with Gasteiger partial charge in [-0.1, -0.05) is 5.16 Å². The van der Waals surface area contributed by atoms with E-state index in [2.05, 4.69) is 42.0 Å². The Morgan fingerprint density at radius 1 is 1.29 bits per heavy atom. The molecule has 1 aliphatic carbocycles. The molecule has 5 nitrogen and oxygen atoms in total. The average molecular weight is 417 g/mol. The first-order valence-electron chi connectivity index (χ1n) is 6.80. The van der Waals surface area contributed by atoms with E-state index in [1.807, 2.05) is 12.1 Å². The first kappa shape index (κ1) is 15.0. The van der Waals surface area contributed by atoms with Gasteiger partial charge in [0.1, 0.15) is 5.75 Å². The van der Waals surface area contributed by atoms with Crippen molar-refractivity contribution in [3.05, 3.63) is 38.4 Å². The molecule has 0 unspecified atom stereocenters. The molecule has 1 aromatic carbocycles. The van der Waals surface area contributed by atoms with Crippen molar-refractivity contribution in [2.45, 2.75) is 31.8 Å². The predicted molar refractivity (Wildman–Crippen MR) is 85.2 cm³/mol. The molecule has 0 saturated heterocycles. The highest BCUT2D eigenvalue weighted by atomic mass is 79.9. The van der Waals surface area contributed by atoms with Gasteiger partial charge in [0.25, 0.3) is 0 Å². The molecule has 0 atom stereocenters. The fraction of sp³-hybridized carbons (Fsp3) is 0.429. The monoisotopic (exact) mass is 415 g/mol. The van der Waals surface area contributed by atoms with Crippen molar-refractivity contribution in [1.29, 1.82) is 0 Å². The number of nitrogens with zero attached hydrogens (tertiary/aromatic N) is 2. The number of hydrogen-bond acceptors (Lipinski definition) is 5. The van der Waals surface area contributed by atoms with E-state index in [0.717, 1.165) is 45.4 Å². The SMILES string of the molecule is NCCc1cc(Br)c(OCc2noc(C3CC3)n2)c(Br)c1. The third kappa shape index (κ3) is 3.64. The molecule has 1 heterocycles. The fourth-order valence-electron chi connectivity index (χ4n) is 2.02. The maximum atomic E-state index is 5.79.